The summed E-state index contributed by atoms with van der Waals surface area (Å²) in [5.41, 5.74) is 0. The molecule has 0 saturated carbocycles. The highest BCUT2D eigenvalue weighted by Gasteiger charge is 2.30. The summed E-state index contributed by atoms with van der Waals surface area (Å²) in [6, 6.07) is 0. The summed E-state index contributed by atoms with van der Waals surface area (Å²) in [5.74, 6) is -2.64. The number of nitrogens with one attached hydrogen (secondary N) is 1. The van der Waals surface area contributed by atoms with Crippen molar-refractivity contribution in [1.82, 2.24) is 10.2 Å². The maximum Gasteiger partial charge on any atom is 0.272 e. The maximum atomic E-state index is 13.2. The summed E-state index contributed by atoms with van der Waals surface area (Å²) in [6.07, 6.45) is 0.843. The third kappa shape index (κ3) is 4.30. The Kier molecular flexibility index (Phi) is 4.71. The molecule has 0 radical (unpaired) electrons. The van der Waals surface area contributed by atoms with Crippen molar-refractivity contribution in [2.24, 2.45) is 0 Å². The van der Waals surface area contributed by atoms with Crippen molar-refractivity contribution in [3.05, 3.63) is 0 Å². The Labute approximate surface area is 83.4 Å². The van der Waals surface area contributed by atoms with Gasteiger partial charge >= 0.3 is 0 Å². The Balaban J connectivity index is 2.33. The second kappa shape index (κ2) is 5.58. The lowest BCUT2D eigenvalue weighted by molar-refractivity contribution is -0.0291. The van der Waals surface area contributed by atoms with Gasteiger partial charge in [-0.15, -0.1) is 0 Å². The molecule has 0 aromatic rings. The fourth-order valence-electron chi connectivity index (χ4n) is 1.60. The second-order valence-electron chi connectivity index (χ2n) is 3.63. The zero-order valence-corrected chi connectivity index (χ0v) is 8.56. The van der Waals surface area contributed by atoms with Gasteiger partial charge in [-0.1, -0.05) is 0 Å². The first-order valence-corrected chi connectivity index (χ1v) is 4.96. The molecule has 0 atom stereocenters. The molecule has 14 heavy (non-hydrogen) atoms. The number of halogens is 2. The van der Waals surface area contributed by atoms with E-state index >= 15 is 0 Å². The zero-order chi connectivity index (χ0) is 10.4. The van der Waals surface area contributed by atoms with Crippen LogP contribution < -0.4 is 5.32 Å². The van der Waals surface area contributed by atoms with E-state index in [1.54, 1.807) is 11.9 Å². The Hall–Kier alpha value is -0.260. The van der Waals surface area contributed by atoms with Gasteiger partial charge in [0.25, 0.3) is 5.92 Å². The summed E-state index contributed by atoms with van der Waals surface area (Å²) < 4.78 is 31.6. The molecule has 0 unspecified atom stereocenters. The highest BCUT2D eigenvalue weighted by molar-refractivity contribution is 4.75. The van der Waals surface area contributed by atoms with Crippen molar-refractivity contribution < 1.29 is 13.5 Å². The quantitative estimate of drug-likeness (QED) is 0.730. The SMILES string of the molecule is CNCC(F)(F)CN1CCCOCC1. The lowest BCUT2D eigenvalue weighted by Crippen LogP contribution is -2.43. The van der Waals surface area contributed by atoms with Crippen molar-refractivity contribution in [3.8, 4) is 0 Å². The average Bonchev–Trinajstić information content (AvgIpc) is 2.31. The van der Waals surface area contributed by atoms with Crippen LogP contribution in [0.2, 0.25) is 0 Å². The Bertz CT molecular complexity index is 159. The van der Waals surface area contributed by atoms with Crippen molar-refractivity contribution in [2.75, 3.05) is 46.4 Å². The van der Waals surface area contributed by atoms with Crippen molar-refractivity contribution >= 4 is 0 Å². The molecular formula is C9H18F2N2O. The van der Waals surface area contributed by atoms with Crippen molar-refractivity contribution in [2.45, 2.75) is 12.3 Å². The Morgan fingerprint density at radius 1 is 1.36 bits per heavy atom. The first-order valence-electron chi connectivity index (χ1n) is 4.96. The molecule has 1 N–H and O–H groups in total. The molecule has 0 bridgehead atoms. The molecule has 0 aromatic heterocycles. The van der Waals surface area contributed by atoms with Crippen LogP contribution in [-0.2, 0) is 4.74 Å². The van der Waals surface area contributed by atoms with Crippen LogP contribution >= 0.6 is 0 Å². The summed E-state index contributed by atoms with van der Waals surface area (Å²) in [4.78, 5) is 1.77. The van der Waals surface area contributed by atoms with Crippen molar-refractivity contribution in [3.63, 3.8) is 0 Å². The van der Waals surface area contributed by atoms with Gasteiger partial charge in [0, 0.05) is 19.7 Å². The van der Waals surface area contributed by atoms with E-state index in [-0.39, 0.29) is 13.1 Å². The molecule has 1 aliphatic rings. The van der Waals surface area contributed by atoms with Crippen LogP contribution in [-0.4, -0.2) is 57.3 Å². The summed E-state index contributed by atoms with van der Waals surface area (Å²) >= 11 is 0. The second-order valence-corrected chi connectivity index (χ2v) is 3.63. The minimum atomic E-state index is -2.64. The largest absolute Gasteiger partial charge is 0.380 e. The van der Waals surface area contributed by atoms with Gasteiger partial charge in [-0.3, -0.25) is 4.90 Å². The summed E-state index contributed by atoms with van der Waals surface area (Å²) in [5, 5.41) is 2.51. The zero-order valence-electron chi connectivity index (χ0n) is 8.56. The molecule has 1 rings (SSSR count). The van der Waals surface area contributed by atoms with Crippen molar-refractivity contribution in [1.29, 1.82) is 0 Å². The van der Waals surface area contributed by atoms with Gasteiger partial charge in [-0.2, -0.15) is 0 Å². The van der Waals surface area contributed by atoms with Gasteiger partial charge in [-0.05, 0) is 13.5 Å². The van der Waals surface area contributed by atoms with Crippen LogP contribution in [0.4, 0.5) is 8.78 Å². The molecular weight excluding hydrogens is 190 g/mol. The normalized spacial score (nSPS) is 20.8. The molecule has 0 amide bonds. The van der Waals surface area contributed by atoms with Gasteiger partial charge < -0.3 is 10.1 Å². The highest BCUT2D eigenvalue weighted by Crippen LogP contribution is 2.14. The lowest BCUT2D eigenvalue weighted by Gasteiger charge is -2.25. The van der Waals surface area contributed by atoms with E-state index in [9.17, 15) is 8.78 Å². The molecule has 1 fully saturated rings. The van der Waals surface area contributed by atoms with Gasteiger partial charge in [0.2, 0.25) is 0 Å². The number of hydrogen-bond acceptors (Lipinski definition) is 3. The number of nitrogens with zero attached hydrogens (tertiary/aromatic N) is 1. The molecule has 5 heteroatoms. The highest BCUT2D eigenvalue weighted by atomic mass is 19.3. The molecule has 0 aliphatic carbocycles. The van der Waals surface area contributed by atoms with E-state index in [4.69, 9.17) is 4.74 Å². The van der Waals surface area contributed by atoms with E-state index in [1.165, 1.54) is 0 Å². The molecule has 1 saturated heterocycles. The standard InChI is InChI=1S/C9H18F2N2O/c1-12-7-9(10,11)8-13-3-2-5-14-6-4-13/h12H,2-8H2,1H3. The fraction of sp³-hybridized carbons (Fsp3) is 1.00. The predicted molar refractivity (Wildman–Crippen MR) is 50.7 cm³/mol. The minimum absolute atomic E-state index is 0.169. The molecule has 1 heterocycles. The average molecular weight is 208 g/mol. The molecule has 0 aromatic carbocycles. The van der Waals surface area contributed by atoms with E-state index in [0.717, 1.165) is 6.42 Å². The van der Waals surface area contributed by atoms with Crippen LogP contribution in [0, 0.1) is 0 Å². The van der Waals surface area contributed by atoms with E-state index in [2.05, 4.69) is 5.32 Å². The number of hydrogen-bond donors (Lipinski definition) is 1. The van der Waals surface area contributed by atoms with Crippen LogP contribution in [0.5, 0.6) is 0 Å². The van der Waals surface area contributed by atoms with Gasteiger partial charge in [0.05, 0.1) is 19.7 Å². The third-order valence-corrected chi connectivity index (χ3v) is 2.21. The maximum absolute atomic E-state index is 13.2. The predicted octanol–water partition coefficient (Wildman–Crippen LogP) is 0.563. The monoisotopic (exact) mass is 208 g/mol. The van der Waals surface area contributed by atoms with E-state index in [0.29, 0.717) is 26.3 Å². The molecule has 0 spiro atoms. The molecule has 1 aliphatic heterocycles. The lowest BCUT2D eigenvalue weighted by atomic mass is 10.3. The number of rotatable bonds is 4. The first-order chi connectivity index (χ1) is 6.64. The van der Waals surface area contributed by atoms with Crippen LogP contribution in [0.25, 0.3) is 0 Å². The Morgan fingerprint density at radius 2 is 2.14 bits per heavy atom. The number of alkyl halides is 2. The Morgan fingerprint density at radius 3 is 2.86 bits per heavy atom. The van der Waals surface area contributed by atoms with E-state index < -0.39 is 5.92 Å². The smallest absolute Gasteiger partial charge is 0.272 e. The first kappa shape index (κ1) is 11.8. The molecule has 3 nitrogen and oxygen atoms in total. The fourth-order valence-corrected chi connectivity index (χ4v) is 1.60. The van der Waals surface area contributed by atoms with Crippen LogP contribution in [0.3, 0.4) is 0 Å². The van der Waals surface area contributed by atoms with E-state index in [1.807, 2.05) is 0 Å². The molecule has 84 valence electrons. The van der Waals surface area contributed by atoms with Gasteiger partial charge in [0.15, 0.2) is 0 Å². The van der Waals surface area contributed by atoms with Crippen LogP contribution in [0.15, 0.2) is 0 Å². The minimum Gasteiger partial charge on any atom is -0.380 e. The summed E-state index contributed by atoms with van der Waals surface area (Å²) in [6.45, 7) is 2.14. The van der Waals surface area contributed by atoms with Crippen LogP contribution in [0.1, 0.15) is 6.42 Å². The van der Waals surface area contributed by atoms with Gasteiger partial charge in [-0.25, -0.2) is 8.78 Å². The third-order valence-electron chi connectivity index (χ3n) is 2.21. The van der Waals surface area contributed by atoms with Gasteiger partial charge in [0.1, 0.15) is 0 Å². The number of ether oxygens (including phenoxy) is 1. The summed E-state index contributed by atoms with van der Waals surface area (Å²) in [7, 11) is 1.54. The topological polar surface area (TPSA) is 24.5 Å².